The molecule has 0 N–H and O–H groups in total. The molecule has 3 rings (SSSR count). The Morgan fingerprint density at radius 3 is 2.48 bits per heavy atom. The van der Waals surface area contributed by atoms with Gasteiger partial charge >= 0.3 is 0 Å². The molecule has 27 heavy (non-hydrogen) atoms. The summed E-state index contributed by atoms with van der Waals surface area (Å²) in [5.74, 6) is -0.334. The predicted molar refractivity (Wildman–Crippen MR) is 102 cm³/mol. The quantitative estimate of drug-likeness (QED) is 0.735. The van der Waals surface area contributed by atoms with Crippen molar-refractivity contribution in [2.24, 2.45) is 0 Å². The molecule has 0 saturated heterocycles. The van der Waals surface area contributed by atoms with Crippen molar-refractivity contribution in [2.45, 2.75) is 19.8 Å². The standard InChI is InChI=1S/C21H22N2O4/c1-4-5-12-23-20(25)15-11-10-14(13-16(15)21(23)26)19(24)22(2)17-8-6-7-9-18(17)27-3/h6-11,13H,4-5,12H2,1-3H3. The molecule has 0 aromatic heterocycles. The van der Waals surface area contributed by atoms with E-state index in [0.717, 1.165) is 12.8 Å². The van der Waals surface area contributed by atoms with Crippen LogP contribution in [0.3, 0.4) is 0 Å². The van der Waals surface area contributed by atoms with Crippen LogP contribution < -0.4 is 9.64 Å². The molecule has 0 spiro atoms. The Bertz CT molecular complexity index is 907. The number of imide groups is 1. The molecular weight excluding hydrogens is 344 g/mol. The minimum absolute atomic E-state index is 0.283. The zero-order chi connectivity index (χ0) is 19.6. The number of amides is 3. The van der Waals surface area contributed by atoms with Crippen molar-refractivity contribution >= 4 is 23.4 Å². The Kier molecular flexibility index (Phi) is 5.26. The van der Waals surface area contributed by atoms with Gasteiger partial charge in [0.05, 0.1) is 23.9 Å². The number of carbonyl (C=O) groups is 3. The lowest BCUT2D eigenvalue weighted by Crippen LogP contribution is -2.30. The van der Waals surface area contributed by atoms with Crippen LogP contribution in [0, 0.1) is 0 Å². The van der Waals surface area contributed by atoms with Crippen LogP contribution >= 0.6 is 0 Å². The summed E-state index contributed by atoms with van der Waals surface area (Å²) in [5, 5.41) is 0. The van der Waals surface area contributed by atoms with E-state index in [1.807, 2.05) is 19.1 Å². The molecule has 0 bridgehead atoms. The molecular formula is C21H22N2O4. The van der Waals surface area contributed by atoms with Crippen LogP contribution in [0.15, 0.2) is 42.5 Å². The SMILES string of the molecule is CCCCN1C(=O)c2ccc(C(=O)N(C)c3ccccc3OC)cc2C1=O. The average molecular weight is 366 g/mol. The molecule has 0 saturated carbocycles. The molecule has 2 aromatic rings. The van der Waals surface area contributed by atoms with Gasteiger partial charge in [0, 0.05) is 19.2 Å². The van der Waals surface area contributed by atoms with E-state index in [4.69, 9.17) is 4.74 Å². The molecule has 0 radical (unpaired) electrons. The summed E-state index contributed by atoms with van der Waals surface area (Å²) in [4.78, 5) is 40.7. The maximum Gasteiger partial charge on any atom is 0.261 e. The fraction of sp³-hybridized carbons (Fsp3) is 0.286. The Hall–Kier alpha value is -3.15. The van der Waals surface area contributed by atoms with E-state index >= 15 is 0 Å². The number of fused-ring (bicyclic) bond motifs is 1. The van der Waals surface area contributed by atoms with Crippen molar-refractivity contribution in [3.63, 3.8) is 0 Å². The number of nitrogens with zero attached hydrogens (tertiary/aromatic N) is 2. The minimum atomic E-state index is -0.335. The van der Waals surface area contributed by atoms with Gasteiger partial charge in [0.1, 0.15) is 5.75 Å². The number of methoxy groups -OCH3 is 1. The largest absolute Gasteiger partial charge is 0.495 e. The van der Waals surface area contributed by atoms with Gasteiger partial charge in [-0.05, 0) is 36.8 Å². The lowest BCUT2D eigenvalue weighted by molar-refractivity contribution is 0.0652. The number of anilines is 1. The molecule has 1 heterocycles. The van der Waals surface area contributed by atoms with Crippen LogP contribution in [0.5, 0.6) is 5.75 Å². The van der Waals surface area contributed by atoms with Crippen LogP contribution in [-0.2, 0) is 0 Å². The first-order valence-corrected chi connectivity index (χ1v) is 8.91. The molecule has 1 aliphatic rings. The molecule has 6 heteroatoms. The Balaban J connectivity index is 1.90. The molecule has 1 aliphatic heterocycles. The summed E-state index contributed by atoms with van der Waals surface area (Å²) in [6.07, 6.45) is 1.65. The monoisotopic (exact) mass is 366 g/mol. The molecule has 0 aliphatic carbocycles. The van der Waals surface area contributed by atoms with Gasteiger partial charge in [-0.25, -0.2) is 0 Å². The van der Waals surface area contributed by atoms with E-state index in [1.165, 1.54) is 15.9 Å². The first kappa shape index (κ1) is 18.6. The summed E-state index contributed by atoms with van der Waals surface area (Å²) < 4.78 is 5.31. The van der Waals surface area contributed by atoms with Gasteiger partial charge < -0.3 is 9.64 Å². The van der Waals surface area contributed by atoms with Gasteiger partial charge in [-0.15, -0.1) is 0 Å². The zero-order valence-corrected chi connectivity index (χ0v) is 15.7. The van der Waals surface area contributed by atoms with Crippen LogP contribution in [0.2, 0.25) is 0 Å². The van der Waals surface area contributed by atoms with E-state index in [9.17, 15) is 14.4 Å². The van der Waals surface area contributed by atoms with Gasteiger partial charge in [0.2, 0.25) is 0 Å². The predicted octanol–water partition coefficient (Wildman–Crippen LogP) is 3.37. The van der Waals surface area contributed by atoms with Crippen LogP contribution in [0.25, 0.3) is 0 Å². The van der Waals surface area contributed by atoms with Gasteiger partial charge in [-0.2, -0.15) is 0 Å². The normalized spacial score (nSPS) is 12.9. The van der Waals surface area contributed by atoms with Crippen LogP contribution in [0.4, 0.5) is 5.69 Å². The lowest BCUT2D eigenvalue weighted by atomic mass is 10.0. The highest BCUT2D eigenvalue weighted by Crippen LogP contribution is 2.29. The summed E-state index contributed by atoms with van der Waals surface area (Å²) in [6, 6.07) is 11.9. The van der Waals surface area contributed by atoms with Crippen molar-refractivity contribution in [1.82, 2.24) is 4.90 Å². The molecule has 0 unspecified atom stereocenters. The van der Waals surface area contributed by atoms with Crippen molar-refractivity contribution in [3.05, 3.63) is 59.2 Å². The molecule has 140 valence electrons. The summed E-state index contributed by atoms with van der Waals surface area (Å²) >= 11 is 0. The fourth-order valence-electron chi connectivity index (χ4n) is 3.15. The number of unbranched alkanes of at least 4 members (excludes halogenated alkanes) is 1. The first-order chi connectivity index (χ1) is 13.0. The first-order valence-electron chi connectivity index (χ1n) is 8.91. The van der Waals surface area contributed by atoms with Gasteiger partial charge in [0.15, 0.2) is 0 Å². The summed E-state index contributed by atoms with van der Waals surface area (Å²) in [7, 11) is 3.19. The second-order valence-electron chi connectivity index (χ2n) is 6.41. The van der Waals surface area contributed by atoms with Gasteiger partial charge in [-0.1, -0.05) is 25.5 Å². The second kappa shape index (κ2) is 7.61. The highest BCUT2D eigenvalue weighted by atomic mass is 16.5. The van der Waals surface area contributed by atoms with Crippen molar-refractivity contribution in [3.8, 4) is 5.75 Å². The van der Waals surface area contributed by atoms with Crippen LogP contribution in [-0.4, -0.2) is 43.3 Å². The maximum absolute atomic E-state index is 12.9. The molecule has 3 amide bonds. The number of carbonyl (C=O) groups excluding carboxylic acids is 3. The zero-order valence-electron chi connectivity index (χ0n) is 15.7. The van der Waals surface area contributed by atoms with E-state index in [-0.39, 0.29) is 23.3 Å². The highest BCUT2D eigenvalue weighted by molar-refractivity contribution is 6.22. The van der Waals surface area contributed by atoms with E-state index in [2.05, 4.69) is 0 Å². The highest BCUT2D eigenvalue weighted by Gasteiger charge is 2.35. The third-order valence-electron chi connectivity index (χ3n) is 4.70. The van der Waals surface area contributed by atoms with Crippen molar-refractivity contribution in [1.29, 1.82) is 0 Å². The minimum Gasteiger partial charge on any atom is -0.495 e. The Labute approximate surface area is 158 Å². The van der Waals surface area contributed by atoms with Gasteiger partial charge in [0.25, 0.3) is 17.7 Å². The number of hydrogen-bond donors (Lipinski definition) is 0. The molecule has 2 aromatic carbocycles. The summed E-state index contributed by atoms with van der Waals surface area (Å²) in [6.45, 7) is 2.40. The van der Waals surface area contributed by atoms with Crippen LogP contribution in [0.1, 0.15) is 50.8 Å². The number of para-hydroxylation sites is 2. The Morgan fingerprint density at radius 2 is 1.78 bits per heavy atom. The van der Waals surface area contributed by atoms with E-state index < -0.39 is 0 Å². The molecule has 0 atom stereocenters. The molecule has 0 fully saturated rings. The smallest absolute Gasteiger partial charge is 0.261 e. The molecule has 6 nitrogen and oxygen atoms in total. The number of rotatable bonds is 6. The van der Waals surface area contributed by atoms with Crippen molar-refractivity contribution in [2.75, 3.05) is 25.6 Å². The number of hydrogen-bond acceptors (Lipinski definition) is 4. The van der Waals surface area contributed by atoms with E-state index in [0.29, 0.717) is 29.1 Å². The maximum atomic E-state index is 12.9. The average Bonchev–Trinajstić information content (AvgIpc) is 2.94. The van der Waals surface area contributed by atoms with Gasteiger partial charge in [-0.3, -0.25) is 19.3 Å². The number of benzene rings is 2. The topological polar surface area (TPSA) is 66.9 Å². The second-order valence-corrected chi connectivity index (χ2v) is 6.41. The summed E-state index contributed by atoms with van der Waals surface area (Å²) in [5.41, 5.74) is 1.61. The third-order valence-corrected chi connectivity index (χ3v) is 4.70. The Morgan fingerprint density at radius 1 is 1.07 bits per heavy atom. The number of ether oxygens (including phenoxy) is 1. The third kappa shape index (κ3) is 3.30. The van der Waals surface area contributed by atoms with Crippen molar-refractivity contribution < 1.29 is 19.1 Å². The fourth-order valence-corrected chi connectivity index (χ4v) is 3.15. The van der Waals surface area contributed by atoms with E-state index in [1.54, 1.807) is 38.4 Å². The lowest BCUT2D eigenvalue weighted by Gasteiger charge is -2.20.